The van der Waals surface area contributed by atoms with Crippen molar-refractivity contribution >= 4 is 54.5 Å². The first-order valence-electron chi connectivity index (χ1n) is 35.1. The molecule has 15 nitrogen and oxygen atoms in total. The quantitative estimate of drug-likeness (QED) is 0.0248. The van der Waals surface area contributed by atoms with Crippen molar-refractivity contribution in [3.63, 3.8) is 0 Å². The molecule has 0 aliphatic rings. The first kappa shape index (κ1) is 77.8. The van der Waals surface area contributed by atoms with Gasteiger partial charge in [-0.25, -0.2) is 0 Å². The number of aromatic nitrogens is 5. The predicted octanol–water partition coefficient (Wildman–Crippen LogP) is 17.4. The molecule has 5 aromatic carbocycles. The van der Waals surface area contributed by atoms with E-state index >= 15 is 0 Å². The summed E-state index contributed by atoms with van der Waals surface area (Å²) in [5.41, 5.74) is 12.6. The third-order valence-corrected chi connectivity index (χ3v) is 18.1. The molecule has 0 aliphatic heterocycles. The number of nitrogens with zero attached hydrogens (tertiary/aromatic N) is 5. The summed E-state index contributed by atoms with van der Waals surface area (Å²) in [5.74, 6) is 4.57. The maximum absolute atomic E-state index is 5.33. The van der Waals surface area contributed by atoms with Gasteiger partial charge in [-0.3, -0.25) is 9.80 Å². The summed E-state index contributed by atoms with van der Waals surface area (Å²) in [6.07, 6.45) is 24.0. The van der Waals surface area contributed by atoms with Crippen molar-refractivity contribution in [2.75, 3.05) is 115 Å². The maximum atomic E-state index is 5.33. The minimum absolute atomic E-state index is 0.578. The Kier molecular flexibility index (Phi) is 33.0. The number of nitrogens with one attached hydrogen (secondary N) is 5. The third kappa shape index (κ3) is 23.5. The van der Waals surface area contributed by atoms with E-state index < -0.39 is 0 Å². The summed E-state index contributed by atoms with van der Waals surface area (Å²) in [5, 5.41) is 6.33. The van der Waals surface area contributed by atoms with Gasteiger partial charge in [0.1, 0.15) is 28.7 Å². The molecule has 0 saturated heterocycles. The average molecular weight is 1320 g/mol. The van der Waals surface area contributed by atoms with Crippen LogP contribution in [0.3, 0.4) is 0 Å². The van der Waals surface area contributed by atoms with E-state index in [2.05, 4.69) is 230 Å². The summed E-state index contributed by atoms with van der Waals surface area (Å²) in [4.78, 5) is 28.8. The minimum atomic E-state index is 0.578. The van der Waals surface area contributed by atoms with Crippen LogP contribution in [-0.4, -0.2) is 182 Å². The first-order valence-corrected chi connectivity index (χ1v) is 35.1. The first-order chi connectivity index (χ1) is 47.0. The largest absolute Gasteiger partial charge is 0.497 e. The van der Waals surface area contributed by atoms with Crippen LogP contribution in [0, 0.1) is 0 Å². The molecular formula is C82H118N10O5. The van der Waals surface area contributed by atoms with Gasteiger partial charge >= 0.3 is 0 Å². The van der Waals surface area contributed by atoms with E-state index in [1.54, 1.807) is 35.5 Å². The minimum Gasteiger partial charge on any atom is -0.497 e. The van der Waals surface area contributed by atoms with Gasteiger partial charge in [0.2, 0.25) is 0 Å². The highest BCUT2D eigenvalue weighted by Gasteiger charge is 2.16. The zero-order valence-electron chi connectivity index (χ0n) is 61.6. The predicted molar refractivity (Wildman–Crippen MR) is 414 cm³/mol. The number of likely N-dealkylation sites (N-methyl/N-ethyl adjacent to an activating group) is 2. The number of hydrogen-bond acceptors (Lipinski definition) is 10. The van der Waals surface area contributed by atoms with Crippen molar-refractivity contribution in [2.45, 2.75) is 125 Å². The molecule has 10 aromatic rings. The van der Waals surface area contributed by atoms with Crippen molar-refractivity contribution in [3.05, 3.63) is 188 Å². The van der Waals surface area contributed by atoms with E-state index in [1.165, 1.54) is 97.2 Å². The molecule has 10 rings (SSSR count). The Morgan fingerprint density at radius 3 is 0.918 bits per heavy atom. The van der Waals surface area contributed by atoms with E-state index in [-0.39, 0.29) is 0 Å². The average Bonchev–Trinajstić information content (AvgIpc) is 1.75. The summed E-state index contributed by atoms with van der Waals surface area (Å²) in [6.45, 7) is 43.1. The molecule has 0 amide bonds. The van der Waals surface area contributed by atoms with Crippen molar-refractivity contribution in [1.82, 2.24) is 49.4 Å². The van der Waals surface area contributed by atoms with Gasteiger partial charge in [-0.15, -0.1) is 19.7 Å². The maximum Gasteiger partial charge on any atom is 0.119 e. The van der Waals surface area contributed by atoms with Crippen molar-refractivity contribution < 1.29 is 23.7 Å². The topological polar surface area (TPSA) is 141 Å². The number of H-pyrrole nitrogens is 5. The molecule has 0 atom stereocenters. The van der Waals surface area contributed by atoms with Crippen LogP contribution in [0.2, 0.25) is 0 Å². The molecule has 0 aliphatic carbocycles. The van der Waals surface area contributed by atoms with E-state index in [0.717, 1.165) is 131 Å². The van der Waals surface area contributed by atoms with Crippen LogP contribution >= 0.6 is 0 Å². The Morgan fingerprint density at radius 2 is 0.649 bits per heavy atom. The van der Waals surface area contributed by atoms with Crippen LogP contribution < -0.4 is 23.7 Å². The van der Waals surface area contributed by atoms with Crippen LogP contribution in [0.1, 0.15) is 103 Å². The Balaban J connectivity index is 0.000000192. The Labute approximate surface area is 581 Å². The summed E-state index contributed by atoms with van der Waals surface area (Å²) in [6, 6.07) is 32.6. The fourth-order valence-corrected chi connectivity index (χ4v) is 12.6. The van der Waals surface area contributed by atoms with Crippen LogP contribution in [0.4, 0.5) is 0 Å². The number of methoxy groups -OCH3 is 5. The van der Waals surface area contributed by atoms with Gasteiger partial charge in [-0.05, 0) is 232 Å². The second-order valence-electron chi connectivity index (χ2n) is 25.8. The van der Waals surface area contributed by atoms with Crippen LogP contribution in [0.15, 0.2) is 160 Å². The van der Waals surface area contributed by atoms with Crippen LogP contribution in [-0.2, 0) is 32.1 Å². The molecule has 0 saturated carbocycles. The van der Waals surface area contributed by atoms with E-state index in [1.807, 2.05) is 48.6 Å². The molecule has 15 heteroatoms. The number of fused-ring (bicyclic) bond motifs is 5. The van der Waals surface area contributed by atoms with Gasteiger partial charge in [0.25, 0.3) is 0 Å². The van der Waals surface area contributed by atoms with Gasteiger partial charge in [-0.2, -0.15) is 0 Å². The molecular weight excluding hydrogens is 1200 g/mol. The highest BCUT2D eigenvalue weighted by atomic mass is 16.5. The molecule has 0 radical (unpaired) electrons. The zero-order chi connectivity index (χ0) is 70.2. The number of hydrogen-bond donors (Lipinski definition) is 5. The van der Waals surface area contributed by atoms with Crippen molar-refractivity contribution in [1.29, 1.82) is 0 Å². The fraction of sp³-hybridized carbons (Fsp3) is 0.439. The van der Waals surface area contributed by atoms with Crippen LogP contribution in [0.5, 0.6) is 28.7 Å². The lowest BCUT2D eigenvalue weighted by molar-refractivity contribution is 0.177. The molecule has 526 valence electrons. The fourth-order valence-electron chi connectivity index (χ4n) is 12.6. The number of aromatic amines is 5. The standard InChI is InChI=1S/2C17H26N2O.C17H22N2O.C16H24N2O.C15H20N2O/c1-12(2)19(13(3)4)9-8-14-11-18-17-7-6-15(20-5)10-16(14)17;2*1-4-9-19(10-5-2)11-8-14-13-18-17-7-6-15(20-3)12-16(14)17;1-5-18(12(2)3)9-8-13-11-17-16-7-6-14(19-4)10-15(13)16;1-4-8-17(2)9-7-12-11-16-15-6-5-13(18-3)10-14(12)15/h6-7,10-13,18H,8-9H2,1-5H3;6-7,12-13,18H,4-5,8-11H2,1-3H3;4-7,12-13,18H,1-2,8-11H2,3H3;6-7,10-12,17H,5,8-9H2,1-4H3;4-6,10-11,16H,1,7-9H2,2-3H3. The van der Waals surface area contributed by atoms with Crippen LogP contribution in [0.25, 0.3) is 54.5 Å². The molecule has 0 fully saturated rings. The van der Waals surface area contributed by atoms with Gasteiger partial charge in [-0.1, -0.05) is 39.0 Å². The smallest absolute Gasteiger partial charge is 0.119 e. The normalized spacial score (nSPS) is 11.4. The molecule has 0 unspecified atom stereocenters. The second-order valence-corrected chi connectivity index (χ2v) is 25.8. The van der Waals surface area contributed by atoms with Gasteiger partial charge in [0.05, 0.1) is 35.5 Å². The van der Waals surface area contributed by atoms with E-state index in [9.17, 15) is 0 Å². The number of ether oxygens (including phenoxy) is 5. The monoisotopic (exact) mass is 1320 g/mol. The van der Waals surface area contributed by atoms with E-state index in [0.29, 0.717) is 18.1 Å². The Bertz CT molecular complexity index is 3880. The number of rotatable bonds is 34. The second kappa shape index (κ2) is 41.2. The van der Waals surface area contributed by atoms with Gasteiger partial charge in [0.15, 0.2) is 0 Å². The highest BCUT2D eigenvalue weighted by Crippen LogP contribution is 2.29. The lowest BCUT2D eigenvalue weighted by Crippen LogP contribution is -2.38. The Morgan fingerprint density at radius 1 is 0.361 bits per heavy atom. The Hall–Kier alpha value is -8.18. The molecule has 0 bridgehead atoms. The molecule has 97 heavy (non-hydrogen) atoms. The third-order valence-electron chi connectivity index (χ3n) is 18.1. The summed E-state index contributed by atoms with van der Waals surface area (Å²) < 4.78 is 26.5. The molecule has 0 spiro atoms. The number of benzene rings is 5. The highest BCUT2D eigenvalue weighted by molar-refractivity contribution is 5.87. The zero-order valence-corrected chi connectivity index (χ0v) is 61.6. The molecule has 5 N–H and O–H groups in total. The molecule has 5 aromatic heterocycles. The van der Waals surface area contributed by atoms with Gasteiger partial charge in [0, 0.05) is 156 Å². The summed E-state index contributed by atoms with van der Waals surface area (Å²) in [7, 11) is 10.7. The SMILES string of the molecule is C=CCN(C)CCc1c[nH]c2ccc(OC)cc12.C=CCN(CC=C)CCc1c[nH]c2ccc(OC)cc12.CCCN(CCC)CCc1c[nH]c2ccc(OC)cc12.CCN(CCc1c[nH]c2ccc(OC)cc12)C(C)C.COc1ccc2[nH]cc(CCN(C(C)C)C(C)C)c2c1. The summed E-state index contributed by atoms with van der Waals surface area (Å²) >= 11 is 0. The van der Waals surface area contributed by atoms with Crippen molar-refractivity contribution in [3.8, 4) is 28.7 Å². The molecule has 5 heterocycles. The lowest BCUT2D eigenvalue weighted by Gasteiger charge is -2.30. The van der Waals surface area contributed by atoms with E-state index in [4.69, 9.17) is 23.7 Å². The van der Waals surface area contributed by atoms with Gasteiger partial charge < -0.3 is 63.3 Å². The lowest BCUT2D eigenvalue weighted by atomic mass is 10.1. The van der Waals surface area contributed by atoms with Crippen molar-refractivity contribution in [2.24, 2.45) is 0 Å².